The number of rotatable bonds is 2. The highest BCUT2D eigenvalue weighted by molar-refractivity contribution is 8.13. The molecule has 0 radical (unpaired) electrons. The first kappa shape index (κ1) is 12.3. The van der Waals surface area contributed by atoms with Crippen LogP contribution in [0.5, 0.6) is 0 Å². The molecule has 0 amide bonds. The predicted molar refractivity (Wildman–Crippen MR) is 46.9 cm³/mol. The van der Waals surface area contributed by atoms with E-state index < -0.39 is 31.9 Å². The lowest BCUT2D eigenvalue weighted by molar-refractivity contribution is 0.145. The molecule has 0 aliphatic rings. The molecule has 84 valence electrons. The van der Waals surface area contributed by atoms with Gasteiger partial charge in [-0.25, -0.2) is 26.6 Å². The van der Waals surface area contributed by atoms with Crippen LogP contribution in [0.2, 0.25) is 0 Å². The minimum atomic E-state index is -4.46. The Kier molecular flexibility index (Phi) is 3.25. The quantitative estimate of drug-likeness (QED) is 0.766. The summed E-state index contributed by atoms with van der Waals surface area (Å²) in [5.74, 6) is -1.61. The van der Waals surface area contributed by atoms with Crippen LogP contribution in [0.3, 0.4) is 0 Å². The summed E-state index contributed by atoms with van der Waals surface area (Å²) in [7, 11) is 0.378. The summed E-state index contributed by atoms with van der Waals surface area (Å²) < 4.78 is 59.3. The highest BCUT2D eigenvalue weighted by Gasteiger charge is 2.25. The molecule has 8 heteroatoms. The third-order valence-corrected chi connectivity index (χ3v) is 2.72. The van der Waals surface area contributed by atoms with Gasteiger partial charge in [-0.3, -0.25) is 0 Å². The van der Waals surface area contributed by atoms with Crippen LogP contribution in [0.15, 0.2) is 11.1 Å². The first-order valence-corrected chi connectivity index (χ1v) is 5.94. The summed E-state index contributed by atoms with van der Waals surface area (Å²) in [6.07, 6.45) is -3.12. The number of aryl methyl sites for hydroxylation is 1. The Morgan fingerprint density at radius 3 is 2.40 bits per heavy atom. The number of hydrogen-bond donors (Lipinski definition) is 0. The molecule has 0 saturated heterocycles. The maximum atomic E-state index is 13.2. The van der Waals surface area contributed by atoms with Crippen molar-refractivity contribution in [2.45, 2.75) is 18.4 Å². The van der Waals surface area contributed by atoms with E-state index in [1.54, 1.807) is 0 Å². The van der Waals surface area contributed by atoms with Crippen LogP contribution in [0, 0.1) is 12.7 Å². The maximum absolute atomic E-state index is 13.2. The van der Waals surface area contributed by atoms with E-state index in [0.717, 1.165) is 6.07 Å². The molecule has 0 aliphatic carbocycles. The fourth-order valence-electron chi connectivity index (χ4n) is 0.974. The van der Waals surface area contributed by atoms with Gasteiger partial charge in [0.2, 0.25) is 5.03 Å². The van der Waals surface area contributed by atoms with Gasteiger partial charge < -0.3 is 0 Å². The van der Waals surface area contributed by atoms with Crippen molar-refractivity contribution in [2.75, 3.05) is 0 Å². The number of alkyl halides is 2. The number of hydrogen-bond acceptors (Lipinski definition) is 3. The van der Waals surface area contributed by atoms with Crippen LogP contribution in [0.1, 0.15) is 17.7 Å². The van der Waals surface area contributed by atoms with Gasteiger partial charge in [-0.05, 0) is 13.0 Å². The summed E-state index contributed by atoms with van der Waals surface area (Å²) in [5, 5.41) is -1.17. The van der Waals surface area contributed by atoms with Gasteiger partial charge in [-0.15, -0.1) is 0 Å². The Balaban J connectivity index is 3.56. The number of halogens is 4. The van der Waals surface area contributed by atoms with Crippen molar-refractivity contribution in [1.82, 2.24) is 4.98 Å². The highest BCUT2D eigenvalue weighted by Crippen LogP contribution is 2.27. The highest BCUT2D eigenvalue weighted by atomic mass is 35.7. The van der Waals surface area contributed by atoms with E-state index in [-0.39, 0.29) is 5.69 Å². The summed E-state index contributed by atoms with van der Waals surface area (Å²) in [4.78, 5) is 3.26. The fraction of sp³-hybridized carbons (Fsp3) is 0.286. The average Bonchev–Trinajstić information content (AvgIpc) is 2.06. The molecular formula is C7H5ClF3NO2S. The van der Waals surface area contributed by atoms with Crippen LogP contribution in [0.4, 0.5) is 13.2 Å². The summed E-state index contributed by atoms with van der Waals surface area (Å²) in [6, 6.07) is 0.769. The van der Waals surface area contributed by atoms with Crippen LogP contribution >= 0.6 is 10.7 Å². The molecule has 1 heterocycles. The standard InChI is InChI=1S/C7H5ClF3NO2S/c1-3-2-4(6(10)11)5(9)7(12-3)15(8,13)14/h2,6H,1H3. The Labute approximate surface area is 88.3 Å². The zero-order valence-corrected chi connectivity index (χ0v) is 8.91. The molecule has 0 fully saturated rings. The second-order valence-electron chi connectivity index (χ2n) is 2.71. The van der Waals surface area contributed by atoms with Crippen LogP contribution in [-0.4, -0.2) is 13.4 Å². The Morgan fingerprint density at radius 1 is 1.47 bits per heavy atom. The average molecular weight is 260 g/mol. The molecule has 0 spiro atoms. The first-order valence-electron chi connectivity index (χ1n) is 3.63. The molecule has 0 aliphatic heterocycles. The van der Waals surface area contributed by atoms with Crippen molar-refractivity contribution >= 4 is 19.7 Å². The Bertz CT molecular complexity index is 489. The van der Waals surface area contributed by atoms with Gasteiger partial charge in [-0.1, -0.05) is 0 Å². The van der Waals surface area contributed by atoms with Crippen molar-refractivity contribution < 1.29 is 21.6 Å². The number of nitrogens with zero attached hydrogens (tertiary/aromatic N) is 1. The Morgan fingerprint density at radius 2 is 2.00 bits per heavy atom. The molecule has 1 aromatic rings. The van der Waals surface area contributed by atoms with Crippen LogP contribution in [-0.2, 0) is 9.05 Å². The molecule has 0 aromatic carbocycles. The van der Waals surface area contributed by atoms with E-state index in [9.17, 15) is 21.6 Å². The van der Waals surface area contributed by atoms with Crippen LogP contribution in [0.25, 0.3) is 0 Å². The minimum absolute atomic E-state index is 0.0501. The SMILES string of the molecule is Cc1cc(C(F)F)c(F)c(S(=O)(=O)Cl)n1. The smallest absolute Gasteiger partial charge is 0.238 e. The van der Waals surface area contributed by atoms with E-state index in [4.69, 9.17) is 10.7 Å². The van der Waals surface area contributed by atoms with E-state index in [1.807, 2.05) is 0 Å². The second kappa shape index (κ2) is 3.97. The predicted octanol–water partition coefficient (Wildman–Crippen LogP) is 2.39. The van der Waals surface area contributed by atoms with Crippen molar-refractivity contribution in [3.63, 3.8) is 0 Å². The molecule has 3 nitrogen and oxygen atoms in total. The molecule has 1 rings (SSSR count). The van der Waals surface area contributed by atoms with Gasteiger partial charge in [0.15, 0.2) is 5.82 Å². The van der Waals surface area contributed by atoms with Gasteiger partial charge in [-0.2, -0.15) is 0 Å². The van der Waals surface area contributed by atoms with E-state index in [1.165, 1.54) is 6.92 Å². The molecule has 1 aromatic heterocycles. The minimum Gasteiger partial charge on any atom is -0.238 e. The molecule has 15 heavy (non-hydrogen) atoms. The van der Waals surface area contributed by atoms with Crippen LogP contribution < -0.4 is 0 Å². The molecule has 0 N–H and O–H groups in total. The third-order valence-electron chi connectivity index (χ3n) is 1.55. The van der Waals surface area contributed by atoms with Gasteiger partial charge in [0, 0.05) is 16.4 Å². The summed E-state index contributed by atoms with van der Waals surface area (Å²) >= 11 is 0. The molecule has 0 saturated carbocycles. The molecule has 0 bridgehead atoms. The van der Waals surface area contributed by atoms with E-state index >= 15 is 0 Å². The lowest BCUT2D eigenvalue weighted by Crippen LogP contribution is -2.05. The van der Waals surface area contributed by atoms with Crippen molar-refractivity contribution in [3.8, 4) is 0 Å². The van der Waals surface area contributed by atoms with Gasteiger partial charge in [0.1, 0.15) is 0 Å². The van der Waals surface area contributed by atoms with Crippen molar-refractivity contribution in [2.24, 2.45) is 0 Å². The number of aromatic nitrogens is 1. The third kappa shape index (κ3) is 2.60. The van der Waals surface area contributed by atoms with Gasteiger partial charge in [0.05, 0.1) is 5.56 Å². The van der Waals surface area contributed by atoms with E-state index in [0.29, 0.717) is 0 Å². The topological polar surface area (TPSA) is 47.0 Å². The lowest BCUT2D eigenvalue weighted by Gasteiger charge is -2.06. The summed E-state index contributed by atoms with van der Waals surface area (Å²) in [6.45, 7) is 1.26. The zero-order chi connectivity index (χ0) is 11.8. The maximum Gasteiger partial charge on any atom is 0.281 e. The largest absolute Gasteiger partial charge is 0.281 e. The van der Waals surface area contributed by atoms with Gasteiger partial charge >= 0.3 is 0 Å². The lowest BCUT2D eigenvalue weighted by atomic mass is 10.2. The van der Waals surface area contributed by atoms with Gasteiger partial charge in [0.25, 0.3) is 15.5 Å². The molecule has 0 unspecified atom stereocenters. The fourth-order valence-corrected chi connectivity index (χ4v) is 1.87. The monoisotopic (exact) mass is 259 g/mol. The number of pyridine rings is 1. The van der Waals surface area contributed by atoms with Crippen molar-refractivity contribution in [1.29, 1.82) is 0 Å². The first-order chi connectivity index (χ1) is 6.73. The van der Waals surface area contributed by atoms with E-state index in [2.05, 4.69) is 4.98 Å². The Hall–Kier alpha value is -0.820. The normalized spacial score (nSPS) is 12.1. The van der Waals surface area contributed by atoms with Crippen molar-refractivity contribution in [3.05, 3.63) is 23.1 Å². The second-order valence-corrected chi connectivity index (χ2v) is 5.19. The summed E-state index contributed by atoms with van der Waals surface area (Å²) in [5.41, 5.74) is -1.08. The zero-order valence-electron chi connectivity index (χ0n) is 7.34. The molecular weight excluding hydrogens is 255 g/mol. The molecule has 0 atom stereocenters.